The summed E-state index contributed by atoms with van der Waals surface area (Å²) in [6.07, 6.45) is 1.83. The second-order valence-corrected chi connectivity index (χ2v) is 4.60. The largest absolute Gasteiger partial charge is 0.508 e. The van der Waals surface area contributed by atoms with Crippen molar-refractivity contribution >= 4 is 5.97 Å². The first kappa shape index (κ1) is 12.5. The fourth-order valence-electron chi connectivity index (χ4n) is 2.19. The number of phenols is 2. The molecule has 4 nitrogen and oxygen atoms in total. The molecule has 1 unspecified atom stereocenters. The number of fused-ring (bicyclic) bond motifs is 1. The molecule has 1 atom stereocenters. The van der Waals surface area contributed by atoms with Crippen LogP contribution in [0.25, 0.3) is 0 Å². The third-order valence-corrected chi connectivity index (χ3v) is 3.08. The molecule has 1 aliphatic rings. The first-order valence-electron chi connectivity index (χ1n) is 5.90. The number of esters is 1. The van der Waals surface area contributed by atoms with E-state index in [0.29, 0.717) is 17.6 Å². The molecule has 0 fully saturated rings. The third-order valence-electron chi connectivity index (χ3n) is 3.08. The fourth-order valence-corrected chi connectivity index (χ4v) is 2.19. The van der Waals surface area contributed by atoms with Gasteiger partial charge in [-0.05, 0) is 32.3 Å². The highest BCUT2D eigenvalue weighted by molar-refractivity contribution is 5.87. The summed E-state index contributed by atoms with van der Waals surface area (Å²) in [6.45, 7) is 5.13. The van der Waals surface area contributed by atoms with Crippen LogP contribution >= 0.6 is 0 Å². The summed E-state index contributed by atoms with van der Waals surface area (Å²) in [6, 6.07) is 2.85. The van der Waals surface area contributed by atoms with Crippen molar-refractivity contribution in [2.24, 2.45) is 0 Å². The lowest BCUT2D eigenvalue weighted by atomic mass is 9.88. The van der Waals surface area contributed by atoms with E-state index in [2.05, 4.69) is 6.58 Å². The smallest absolute Gasteiger partial charge is 0.333 e. The molecule has 0 spiro atoms. The van der Waals surface area contributed by atoms with Gasteiger partial charge < -0.3 is 14.9 Å². The summed E-state index contributed by atoms with van der Waals surface area (Å²) < 4.78 is 5.33. The Bertz CT molecular complexity index is 505. The second kappa shape index (κ2) is 4.72. The predicted octanol–water partition coefficient (Wildman–Crippen LogP) is 2.59. The molecule has 0 heterocycles. The molecule has 0 aromatic heterocycles. The zero-order valence-corrected chi connectivity index (χ0v) is 10.3. The topological polar surface area (TPSA) is 66.8 Å². The van der Waals surface area contributed by atoms with Crippen molar-refractivity contribution in [3.63, 3.8) is 0 Å². The number of hydrogen-bond acceptors (Lipinski definition) is 4. The number of rotatable bonds is 2. The Kier molecular flexibility index (Phi) is 3.28. The van der Waals surface area contributed by atoms with Crippen molar-refractivity contribution in [1.29, 1.82) is 0 Å². The summed E-state index contributed by atoms with van der Waals surface area (Å²) in [4.78, 5) is 11.5. The van der Waals surface area contributed by atoms with Gasteiger partial charge in [0.25, 0.3) is 0 Å². The number of hydrogen-bond donors (Lipinski definition) is 2. The van der Waals surface area contributed by atoms with Crippen molar-refractivity contribution in [3.8, 4) is 11.5 Å². The van der Waals surface area contributed by atoms with Gasteiger partial charge >= 0.3 is 5.97 Å². The Morgan fingerprint density at radius 1 is 1.44 bits per heavy atom. The van der Waals surface area contributed by atoms with Gasteiger partial charge in [0.05, 0.1) is 0 Å². The minimum Gasteiger partial charge on any atom is -0.508 e. The van der Waals surface area contributed by atoms with E-state index in [4.69, 9.17) is 4.74 Å². The maximum Gasteiger partial charge on any atom is 0.333 e. The highest BCUT2D eigenvalue weighted by Crippen LogP contribution is 2.39. The lowest BCUT2D eigenvalue weighted by Gasteiger charge is -2.26. The Morgan fingerprint density at radius 3 is 2.83 bits per heavy atom. The van der Waals surface area contributed by atoms with E-state index in [-0.39, 0.29) is 11.5 Å². The second-order valence-electron chi connectivity index (χ2n) is 4.60. The average Bonchev–Trinajstić information content (AvgIpc) is 2.29. The van der Waals surface area contributed by atoms with Crippen LogP contribution in [-0.2, 0) is 16.0 Å². The van der Waals surface area contributed by atoms with E-state index in [9.17, 15) is 15.0 Å². The quantitative estimate of drug-likeness (QED) is 0.623. The lowest BCUT2D eigenvalue weighted by Crippen LogP contribution is -2.17. The first-order valence-corrected chi connectivity index (χ1v) is 5.90. The Labute approximate surface area is 106 Å². The minimum atomic E-state index is -0.448. The molecule has 96 valence electrons. The molecule has 18 heavy (non-hydrogen) atoms. The molecule has 0 aliphatic heterocycles. The average molecular weight is 248 g/mol. The Morgan fingerprint density at radius 2 is 2.17 bits per heavy atom. The maximum absolute atomic E-state index is 11.5. The van der Waals surface area contributed by atoms with Gasteiger partial charge in [-0.25, -0.2) is 4.79 Å². The predicted molar refractivity (Wildman–Crippen MR) is 66.4 cm³/mol. The van der Waals surface area contributed by atoms with Crippen LogP contribution in [0.15, 0.2) is 24.3 Å². The summed E-state index contributed by atoms with van der Waals surface area (Å²) in [7, 11) is 0. The summed E-state index contributed by atoms with van der Waals surface area (Å²) >= 11 is 0. The standard InChI is InChI=1S/C14H16O4/c1-8(2)14(17)18-13-5-3-4-10-11(13)6-9(15)7-12(10)16/h6-7,13,15-16H,1,3-5H2,2H3. The molecule has 2 N–H and O–H groups in total. The van der Waals surface area contributed by atoms with E-state index in [0.717, 1.165) is 18.4 Å². The van der Waals surface area contributed by atoms with Crippen LogP contribution in [0.4, 0.5) is 0 Å². The van der Waals surface area contributed by atoms with E-state index < -0.39 is 12.1 Å². The number of aromatic hydroxyl groups is 2. The fraction of sp³-hybridized carbons (Fsp3) is 0.357. The number of phenolic OH excluding ortho intramolecular Hbond substituents is 2. The van der Waals surface area contributed by atoms with Crippen LogP contribution < -0.4 is 0 Å². The van der Waals surface area contributed by atoms with E-state index >= 15 is 0 Å². The third kappa shape index (κ3) is 2.32. The van der Waals surface area contributed by atoms with Crippen molar-refractivity contribution < 1.29 is 19.7 Å². The van der Waals surface area contributed by atoms with E-state index in [1.165, 1.54) is 6.07 Å². The SMILES string of the molecule is C=C(C)C(=O)OC1CCCc2c(O)cc(O)cc21. The van der Waals surface area contributed by atoms with Gasteiger partial charge in [0, 0.05) is 22.8 Å². The number of ether oxygens (including phenoxy) is 1. The number of benzene rings is 1. The maximum atomic E-state index is 11.5. The zero-order valence-electron chi connectivity index (χ0n) is 10.3. The number of carbonyl (C=O) groups is 1. The van der Waals surface area contributed by atoms with E-state index in [1.807, 2.05) is 0 Å². The number of carbonyl (C=O) groups excluding carboxylic acids is 1. The van der Waals surface area contributed by atoms with Crippen molar-refractivity contribution in [3.05, 3.63) is 35.4 Å². The molecule has 2 rings (SSSR count). The Hall–Kier alpha value is -1.97. The van der Waals surface area contributed by atoms with Crippen LogP contribution in [0.2, 0.25) is 0 Å². The molecule has 0 amide bonds. The monoisotopic (exact) mass is 248 g/mol. The van der Waals surface area contributed by atoms with Crippen LogP contribution in [-0.4, -0.2) is 16.2 Å². The van der Waals surface area contributed by atoms with Crippen LogP contribution in [0, 0.1) is 0 Å². The molecule has 0 bridgehead atoms. The zero-order chi connectivity index (χ0) is 13.3. The van der Waals surface area contributed by atoms with Crippen LogP contribution in [0.3, 0.4) is 0 Å². The van der Waals surface area contributed by atoms with Crippen LogP contribution in [0.5, 0.6) is 11.5 Å². The molecule has 1 aromatic carbocycles. The van der Waals surface area contributed by atoms with Gasteiger partial charge in [0.1, 0.15) is 17.6 Å². The Balaban J connectivity index is 2.33. The van der Waals surface area contributed by atoms with Gasteiger partial charge in [-0.3, -0.25) is 0 Å². The summed E-state index contributed by atoms with van der Waals surface area (Å²) in [5.41, 5.74) is 1.78. The molecular weight excluding hydrogens is 232 g/mol. The van der Waals surface area contributed by atoms with Crippen LogP contribution in [0.1, 0.15) is 37.0 Å². The highest BCUT2D eigenvalue weighted by atomic mass is 16.5. The van der Waals surface area contributed by atoms with Gasteiger partial charge in [-0.1, -0.05) is 6.58 Å². The van der Waals surface area contributed by atoms with Gasteiger partial charge in [-0.2, -0.15) is 0 Å². The molecule has 0 saturated carbocycles. The summed E-state index contributed by atoms with van der Waals surface area (Å²) in [5, 5.41) is 19.3. The van der Waals surface area contributed by atoms with Crippen molar-refractivity contribution in [2.75, 3.05) is 0 Å². The highest BCUT2D eigenvalue weighted by Gasteiger charge is 2.26. The molecule has 1 aromatic rings. The van der Waals surface area contributed by atoms with Crippen molar-refractivity contribution in [1.82, 2.24) is 0 Å². The molecule has 0 radical (unpaired) electrons. The normalized spacial score (nSPS) is 17.9. The van der Waals surface area contributed by atoms with Gasteiger partial charge in [0.2, 0.25) is 0 Å². The first-order chi connectivity index (χ1) is 8.49. The molecular formula is C14H16O4. The minimum absolute atomic E-state index is 0.0236. The van der Waals surface area contributed by atoms with Gasteiger partial charge in [0.15, 0.2) is 0 Å². The molecule has 4 heteroatoms. The molecule has 1 aliphatic carbocycles. The van der Waals surface area contributed by atoms with Crippen molar-refractivity contribution in [2.45, 2.75) is 32.3 Å². The molecule has 0 saturated heterocycles. The lowest BCUT2D eigenvalue weighted by molar-refractivity contribution is -0.145. The summed E-state index contributed by atoms with van der Waals surface area (Å²) in [5.74, 6) is -0.415. The van der Waals surface area contributed by atoms with Gasteiger partial charge in [-0.15, -0.1) is 0 Å². The van der Waals surface area contributed by atoms with E-state index in [1.54, 1.807) is 13.0 Å².